The second-order valence-corrected chi connectivity index (χ2v) is 7.85. The standard InChI is InChI=1S/C24H23N5O2/c30-23(13-12-21-26-19-6-2-1-5-18(19)24(31)28-21)25-17-10-8-16(9-11-17)20-15-29-14-4-3-7-22(29)27-20/h1-2,5-6,8-11,15H,3-4,7,12-14H2,(H,25,30)(H,26,28,31). The van der Waals surface area contributed by atoms with Gasteiger partial charge in [0.2, 0.25) is 5.91 Å². The van der Waals surface area contributed by atoms with Crippen molar-refractivity contribution >= 4 is 22.5 Å². The van der Waals surface area contributed by atoms with Crippen molar-refractivity contribution in [3.63, 3.8) is 0 Å². The molecule has 7 heteroatoms. The summed E-state index contributed by atoms with van der Waals surface area (Å²) in [6.07, 6.45) is 6.15. The third-order valence-corrected chi connectivity index (χ3v) is 5.62. The predicted octanol–water partition coefficient (Wildman–Crippen LogP) is 3.69. The van der Waals surface area contributed by atoms with Gasteiger partial charge in [-0.2, -0.15) is 0 Å². The van der Waals surface area contributed by atoms with Crippen LogP contribution < -0.4 is 10.9 Å². The Labute approximate surface area is 179 Å². The summed E-state index contributed by atoms with van der Waals surface area (Å²) in [5.74, 6) is 1.54. The van der Waals surface area contributed by atoms with E-state index in [1.807, 2.05) is 30.3 Å². The number of nitrogens with zero attached hydrogens (tertiary/aromatic N) is 3. The van der Waals surface area contributed by atoms with Gasteiger partial charge in [0.1, 0.15) is 11.6 Å². The highest BCUT2D eigenvalue weighted by Crippen LogP contribution is 2.24. The first kappa shape index (κ1) is 19.2. The molecule has 1 aliphatic rings. The van der Waals surface area contributed by atoms with Crippen LogP contribution in [-0.4, -0.2) is 25.4 Å². The number of hydrogen-bond acceptors (Lipinski definition) is 4. The van der Waals surface area contributed by atoms with Crippen LogP contribution in [0.5, 0.6) is 0 Å². The van der Waals surface area contributed by atoms with Crippen molar-refractivity contribution in [2.75, 3.05) is 5.32 Å². The number of aromatic nitrogens is 4. The van der Waals surface area contributed by atoms with Crippen molar-refractivity contribution in [3.05, 3.63) is 76.7 Å². The molecule has 31 heavy (non-hydrogen) atoms. The minimum absolute atomic E-state index is 0.124. The Morgan fingerprint density at radius 1 is 1.06 bits per heavy atom. The Hall–Kier alpha value is -3.74. The fourth-order valence-electron chi connectivity index (χ4n) is 3.98. The van der Waals surface area contributed by atoms with Crippen molar-refractivity contribution in [3.8, 4) is 11.3 Å². The molecule has 0 fully saturated rings. The van der Waals surface area contributed by atoms with Crippen molar-refractivity contribution in [1.82, 2.24) is 19.5 Å². The van der Waals surface area contributed by atoms with E-state index in [4.69, 9.17) is 4.98 Å². The molecule has 2 N–H and O–H groups in total. The number of aromatic amines is 1. The van der Waals surface area contributed by atoms with E-state index in [9.17, 15) is 9.59 Å². The van der Waals surface area contributed by atoms with Crippen LogP contribution in [0.25, 0.3) is 22.2 Å². The molecule has 3 heterocycles. The first-order chi connectivity index (χ1) is 15.2. The zero-order valence-corrected chi connectivity index (χ0v) is 17.1. The number of rotatable bonds is 5. The maximum atomic E-state index is 12.4. The molecule has 0 atom stereocenters. The van der Waals surface area contributed by atoms with E-state index in [0.717, 1.165) is 35.7 Å². The second kappa shape index (κ2) is 8.18. The molecule has 156 valence electrons. The summed E-state index contributed by atoms with van der Waals surface area (Å²) in [4.78, 5) is 36.5. The van der Waals surface area contributed by atoms with Crippen LogP contribution in [0.4, 0.5) is 5.69 Å². The number of anilines is 1. The van der Waals surface area contributed by atoms with Gasteiger partial charge in [-0.1, -0.05) is 24.3 Å². The highest BCUT2D eigenvalue weighted by molar-refractivity contribution is 5.91. The SMILES string of the molecule is O=C(CCc1nc2ccccc2c(=O)[nH]1)Nc1ccc(-c2cn3c(n2)CCCC3)cc1. The van der Waals surface area contributed by atoms with E-state index in [1.165, 1.54) is 12.8 Å². The fourth-order valence-corrected chi connectivity index (χ4v) is 3.98. The predicted molar refractivity (Wildman–Crippen MR) is 120 cm³/mol. The van der Waals surface area contributed by atoms with Crippen molar-refractivity contribution in [1.29, 1.82) is 0 Å². The average molecular weight is 413 g/mol. The van der Waals surface area contributed by atoms with Crippen LogP contribution in [0.3, 0.4) is 0 Å². The van der Waals surface area contributed by atoms with Gasteiger partial charge in [-0.3, -0.25) is 9.59 Å². The van der Waals surface area contributed by atoms with Crippen molar-refractivity contribution in [2.24, 2.45) is 0 Å². The molecule has 0 unspecified atom stereocenters. The lowest BCUT2D eigenvalue weighted by Gasteiger charge is -2.11. The highest BCUT2D eigenvalue weighted by atomic mass is 16.1. The molecule has 0 aliphatic carbocycles. The van der Waals surface area contributed by atoms with Crippen molar-refractivity contribution < 1.29 is 4.79 Å². The number of benzene rings is 2. The third kappa shape index (κ3) is 4.12. The molecule has 4 aromatic rings. The number of nitrogens with one attached hydrogen (secondary N) is 2. The highest BCUT2D eigenvalue weighted by Gasteiger charge is 2.13. The van der Waals surface area contributed by atoms with Gasteiger partial charge in [-0.25, -0.2) is 9.97 Å². The van der Waals surface area contributed by atoms with E-state index in [2.05, 4.69) is 26.0 Å². The van der Waals surface area contributed by atoms with Crippen LogP contribution >= 0.6 is 0 Å². The summed E-state index contributed by atoms with van der Waals surface area (Å²) in [5.41, 5.74) is 3.20. The Morgan fingerprint density at radius 3 is 2.74 bits per heavy atom. The number of hydrogen-bond donors (Lipinski definition) is 2. The summed E-state index contributed by atoms with van der Waals surface area (Å²) in [5, 5.41) is 3.46. The Bertz CT molecular complexity index is 1280. The average Bonchev–Trinajstić information content (AvgIpc) is 3.23. The van der Waals surface area contributed by atoms with E-state index < -0.39 is 0 Å². The van der Waals surface area contributed by atoms with Crippen LogP contribution in [0, 0.1) is 0 Å². The fraction of sp³-hybridized carbons (Fsp3) is 0.250. The summed E-state index contributed by atoms with van der Waals surface area (Å²) < 4.78 is 2.24. The van der Waals surface area contributed by atoms with Crippen LogP contribution in [0.15, 0.2) is 59.5 Å². The number of H-pyrrole nitrogens is 1. The van der Waals surface area contributed by atoms with E-state index >= 15 is 0 Å². The minimum atomic E-state index is -0.183. The lowest BCUT2D eigenvalue weighted by atomic mass is 10.1. The molecule has 1 amide bonds. The van der Waals surface area contributed by atoms with E-state index in [0.29, 0.717) is 23.1 Å². The molecule has 2 aromatic heterocycles. The lowest BCUT2D eigenvalue weighted by molar-refractivity contribution is -0.116. The van der Waals surface area contributed by atoms with Gasteiger partial charge in [0.05, 0.1) is 16.6 Å². The topological polar surface area (TPSA) is 92.7 Å². The monoisotopic (exact) mass is 413 g/mol. The Kier molecular flexibility index (Phi) is 5.08. The van der Waals surface area contributed by atoms with Gasteiger partial charge in [0, 0.05) is 43.3 Å². The molecule has 0 bridgehead atoms. The quantitative estimate of drug-likeness (QED) is 0.522. The smallest absolute Gasteiger partial charge is 0.258 e. The second-order valence-electron chi connectivity index (χ2n) is 7.85. The third-order valence-electron chi connectivity index (χ3n) is 5.62. The number of amides is 1. The van der Waals surface area contributed by atoms with Gasteiger partial charge >= 0.3 is 0 Å². The first-order valence-corrected chi connectivity index (χ1v) is 10.6. The lowest BCUT2D eigenvalue weighted by Crippen LogP contribution is -2.16. The molecule has 0 saturated carbocycles. The zero-order chi connectivity index (χ0) is 21.2. The number of aryl methyl sites for hydroxylation is 3. The molecule has 2 aromatic carbocycles. The van der Waals surface area contributed by atoms with Gasteiger partial charge < -0.3 is 14.9 Å². The van der Waals surface area contributed by atoms with E-state index in [1.54, 1.807) is 18.2 Å². The van der Waals surface area contributed by atoms with Gasteiger partial charge in [0.15, 0.2) is 0 Å². The normalized spacial score (nSPS) is 13.2. The molecule has 0 spiro atoms. The van der Waals surface area contributed by atoms with E-state index in [-0.39, 0.29) is 17.9 Å². The van der Waals surface area contributed by atoms with Crippen molar-refractivity contribution in [2.45, 2.75) is 38.6 Å². The molecular formula is C24H23N5O2. The Morgan fingerprint density at radius 2 is 1.90 bits per heavy atom. The summed E-state index contributed by atoms with van der Waals surface area (Å²) in [7, 11) is 0. The maximum Gasteiger partial charge on any atom is 0.258 e. The zero-order valence-electron chi connectivity index (χ0n) is 17.1. The maximum absolute atomic E-state index is 12.4. The van der Waals surface area contributed by atoms with Crippen LogP contribution in [-0.2, 0) is 24.2 Å². The number of carbonyl (C=O) groups excluding carboxylic acids is 1. The summed E-state index contributed by atoms with van der Waals surface area (Å²) in [6, 6.07) is 14.9. The summed E-state index contributed by atoms with van der Waals surface area (Å²) >= 11 is 0. The minimum Gasteiger partial charge on any atom is -0.334 e. The van der Waals surface area contributed by atoms with Gasteiger partial charge in [-0.05, 0) is 37.1 Å². The first-order valence-electron chi connectivity index (χ1n) is 10.6. The molecule has 0 saturated heterocycles. The molecule has 7 nitrogen and oxygen atoms in total. The molecular weight excluding hydrogens is 390 g/mol. The number of fused-ring (bicyclic) bond motifs is 2. The largest absolute Gasteiger partial charge is 0.334 e. The van der Waals surface area contributed by atoms with Gasteiger partial charge in [0.25, 0.3) is 5.56 Å². The molecule has 5 rings (SSSR count). The Balaban J connectivity index is 1.22. The number of imidazole rings is 1. The van der Waals surface area contributed by atoms with Crippen LogP contribution in [0.1, 0.15) is 30.9 Å². The molecule has 1 aliphatic heterocycles. The summed E-state index contributed by atoms with van der Waals surface area (Å²) in [6.45, 7) is 1.04. The molecule has 0 radical (unpaired) electrons. The van der Waals surface area contributed by atoms with Gasteiger partial charge in [-0.15, -0.1) is 0 Å². The van der Waals surface area contributed by atoms with Crippen LogP contribution in [0.2, 0.25) is 0 Å². The number of para-hydroxylation sites is 1. The number of carbonyl (C=O) groups is 1.